The maximum absolute atomic E-state index is 12.1. The average molecular weight is 352 g/mol. The van der Waals surface area contributed by atoms with Gasteiger partial charge in [-0.3, -0.25) is 0 Å². The Bertz CT molecular complexity index is 838. The van der Waals surface area contributed by atoms with Gasteiger partial charge in [-0.25, -0.2) is 4.79 Å². The number of carbonyl (C=O) groups is 1. The van der Waals surface area contributed by atoms with E-state index in [1.807, 2.05) is 0 Å². The number of allylic oxidation sites excluding steroid dienone is 2. The molecule has 1 atom stereocenters. The molecule has 1 aromatic heterocycles. The SMILES string of the molecule is O=C(O)C1=CC(c2nnc(-c3ccc(OC(F)(F)F)cc3)o2)CC=C1. The van der Waals surface area contributed by atoms with E-state index in [2.05, 4.69) is 14.9 Å². The van der Waals surface area contributed by atoms with Crippen molar-refractivity contribution in [2.75, 3.05) is 0 Å². The first kappa shape index (κ1) is 16.7. The number of aliphatic carboxylic acids is 1. The Morgan fingerprint density at radius 1 is 1.24 bits per heavy atom. The summed E-state index contributed by atoms with van der Waals surface area (Å²) in [5.41, 5.74) is 0.548. The first-order valence-corrected chi connectivity index (χ1v) is 7.13. The van der Waals surface area contributed by atoms with Gasteiger partial charge in [0, 0.05) is 5.56 Å². The minimum atomic E-state index is -4.76. The van der Waals surface area contributed by atoms with Gasteiger partial charge >= 0.3 is 12.3 Å². The summed E-state index contributed by atoms with van der Waals surface area (Å²) in [6, 6.07) is 4.99. The van der Waals surface area contributed by atoms with E-state index in [0.717, 1.165) is 12.1 Å². The van der Waals surface area contributed by atoms with Crippen LogP contribution >= 0.6 is 0 Å². The fourth-order valence-electron chi connectivity index (χ4n) is 2.30. The molecular weight excluding hydrogens is 341 g/mol. The van der Waals surface area contributed by atoms with Gasteiger partial charge in [0.1, 0.15) is 5.75 Å². The zero-order chi connectivity index (χ0) is 18.0. The second kappa shape index (κ2) is 6.42. The number of ether oxygens (including phenoxy) is 1. The van der Waals surface area contributed by atoms with Gasteiger partial charge in [-0.15, -0.1) is 23.4 Å². The Morgan fingerprint density at radius 2 is 1.96 bits per heavy atom. The summed E-state index contributed by atoms with van der Waals surface area (Å²) in [6.45, 7) is 0. The smallest absolute Gasteiger partial charge is 0.478 e. The molecule has 0 fully saturated rings. The van der Waals surface area contributed by atoms with Crippen molar-refractivity contribution in [3.63, 3.8) is 0 Å². The van der Waals surface area contributed by atoms with Crippen LogP contribution in [0.15, 0.2) is 52.5 Å². The molecule has 6 nitrogen and oxygen atoms in total. The molecule has 0 spiro atoms. The van der Waals surface area contributed by atoms with Gasteiger partial charge in [-0.05, 0) is 30.7 Å². The van der Waals surface area contributed by atoms with Crippen LogP contribution in [0.2, 0.25) is 0 Å². The molecule has 1 aromatic carbocycles. The number of hydrogen-bond donors (Lipinski definition) is 1. The lowest BCUT2D eigenvalue weighted by Crippen LogP contribution is -2.16. The van der Waals surface area contributed by atoms with Gasteiger partial charge in [0.15, 0.2) is 0 Å². The molecule has 9 heteroatoms. The molecule has 1 N–H and O–H groups in total. The maximum Gasteiger partial charge on any atom is 0.573 e. The molecule has 1 unspecified atom stereocenters. The zero-order valence-corrected chi connectivity index (χ0v) is 12.5. The molecule has 0 amide bonds. The molecule has 3 rings (SSSR count). The van der Waals surface area contributed by atoms with Crippen LogP contribution in [0.1, 0.15) is 18.2 Å². The minimum absolute atomic E-state index is 0.119. The lowest BCUT2D eigenvalue weighted by Gasteiger charge is -2.10. The molecule has 0 saturated heterocycles. The summed E-state index contributed by atoms with van der Waals surface area (Å²) in [5.74, 6) is -1.43. The van der Waals surface area contributed by atoms with E-state index in [1.165, 1.54) is 24.3 Å². The number of hydrogen-bond acceptors (Lipinski definition) is 5. The van der Waals surface area contributed by atoms with Crippen molar-refractivity contribution in [2.24, 2.45) is 0 Å². The van der Waals surface area contributed by atoms with Crippen LogP contribution in [0.3, 0.4) is 0 Å². The molecule has 2 aromatic rings. The summed E-state index contributed by atoms with van der Waals surface area (Å²) < 4.78 is 45.8. The number of alkyl halides is 3. The maximum atomic E-state index is 12.1. The molecule has 130 valence electrons. The second-order valence-corrected chi connectivity index (χ2v) is 5.19. The normalized spacial score (nSPS) is 17.2. The summed E-state index contributed by atoms with van der Waals surface area (Å²) in [5, 5.41) is 16.8. The van der Waals surface area contributed by atoms with Crippen molar-refractivity contribution in [1.29, 1.82) is 0 Å². The fourth-order valence-corrected chi connectivity index (χ4v) is 2.30. The highest BCUT2D eigenvalue weighted by atomic mass is 19.4. The van der Waals surface area contributed by atoms with Crippen molar-refractivity contribution in [3.8, 4) is 17.2 Å². The highest BCUT2D eigenvalue weighted by Crippen LogP contribution is 2.30. The predicted octanol–water partition coefficient (Wildman–Crippen LogP) is 3.69. The van der Waals surface area contributed by atoms with E-state index in [0.29, 0.717) is 12.0 Å². The van der Waals surface area contributed by atoms with Gasteiger partial charge in [-0.1, -0.05) is 18.2 Å². The number of aromatic nitrogens is 2. The number of halogens is 3. The van der Waals surface area contributed by atoms with Crippen LogP contribution in [-0.2, 0) is 4.79 Å². The monoisotopic (exact) mass is 352 g/mol. The van der Waals surface area contributed by atoms with Gasteiger partial charge in [0.2, 0.25) is 11.8 Å². The molecule has 1 aliphatic carbocycles. The van der Waals surface area contributed by atoms with E-state index in [-0.39, 0.29) is 29.0 Å². The second-order valence-electron chi connectivity index (χ2n) is 5.19. The first-order valence-electron chi connectivity index (χ1n) is 7.13. The lowest BCUT2D eigenvalue weighted by atomic mass is 9.96. The Hall–Kier alpha value is -3.10. The molecule has 1 heterocycles. The predicted molar refractivity (Wildman–Crippen MR) is 78.6 cm³/mol. The van der Waals surface area contributed by atoms with E-state index in [9.17, 15) is 18.0 Å². The highest BCUT2D eigenvalue weighted by molar-refractivity contribution is 5.90. The summed E-state index contributed by atoms with van der Waals surface area (Å²) >= 11 is 0. The molecular formula is C16H11F3N2O4. The summed E-state index contributed by atoms with van der Waals surface area (Å²) in [7, 11) is 0. The number of rotatable bonds is 4. The largest absolute Gasteiger partial charge is 0.573 e. The molecule has 0 radical (unpaired) electrons. The third-order valence-corrected chi connectivity index (χ3v) is 3.41. The third-order valence-electron chi connectivity index (χ3n) is 3.41. The Balaban J connectivity index is 1.78. The van der Waals surface area contributed by atoms with Crippen LogP contribution < -0.4 is 4.74 Å². The lowest BCUT2D eigenvalue weighted by molar-refractivity contribution is -0.274. The van der Waals surface area contributed by atoms with Crippen molar-refractivity contribution in [2.45, 2.75) is 18.7 Å². The quantitative estimate of drug-likeness (QED) is 0.903. The van der Waals surface area contributed by atoms with Crippen molar-refractivity contribution in [3.05, 3.63) is 54.0 Å². The molecule has 1 aliphatic rings. The van der Waals surface area contributed by atoms with Crippen LogP contribution in [0.25, 0.3) is 11.5 Å². The molecule has 0 aliphatic heterocycles. The molecule has 0 bridgehead atoms. The summed E-state index contributed by atoms with van der Waals surface area (Å²) in [6.07, 6.45) is 0.454. The van der Waals surface area contributed by atoms with Crippen molar-refractivity contribution >= 4 is 5.97 Å². The van der Waals surface area contributed by atoms with Gasteiger partial charge in [0.25, 0.3) is 0 Å². The Morgan fingerprint density at radius 3 is 2.60 bits per heavy atom. The topological polar surface area (TPSA) is 85.5 Å². The van der Waals surface area contributed by atoms with Crippen LogP contribution in [0, 0.1) is 0 Å². The molecule has 25 heavy (non-hydrogen) atoms. The Kier molecular flexibility index (Phi) is 4.30. The van der Waals surface area contributed by atoms with Gasteiger partial charge in [-0.2, -0.15) is 0 Å². The average Bonchev–Trinajstić information content (AvgIpc) is 3.04. The zero-order valence-electron chi connectivity index (χ0n) is 12.5. The van der Waals surface area contributed by atoms with Crippen LogP contribution in [0.5, 0.6) is 5.75 Å². The van der Waals surface area contributed by atoms with Crippen molar-refractivity contribution in [1.82, 2.24) is 10.2 Å². The van der Waals surface area contributed by atoms with E-state index < -0.39 is 12.3 Å². The van der Waals surface area contributed by atoms with Crippen LogP contribution in [-0.4, -0.2) is 27.6 Å². The number of carboxylic acids is 1. The van der Waals surface area contributed by atoms with Gasteiger partial charge in [0.05, 0.1) is 11.5 Å². The minimum Gasteiger partial charge on any atom is -0.478 e. The summed E-state index contributed by atoms with van der Waals surface area (Å²) in [4.78, 5) is 11.0. The molecule has 0 saturated carbocycles. The third kappa shape index (κ3) is 4.06. The number of nitrogens with zero attached hydrogens (tertiary/aromatic N) is 2. The van der Waals surface area contributed by atoms with E-state index >= 15 is 0 Å². The number of carboxylic acid groups (broad SMARTS) is 1. The standard InChI is InChI=1S/C16H11F3N2O4/c17-16(18,19)25-12-6-4-9(5-7-12)13-20-21-14(24-13)10-2-1-3-11(8-10)15(22)23/h1,3-8,10H,2H2,(H,22,23). The van der Waals surface area contributed by atoms with E-state index in [4.69, 9.17) is 9.52 Å². The fraction of sp³-hybridized carbons (Fsp3) is 0.188. The van der Waals surface area contributed by atoms with Crippen molar-refractivity contribution < 1.29 is 32.2 Å². The van der Waals surface area contributed by atoms with Crippen LogP contribution in [0.4, 0.5) is 13.2 Å². The van der Waals surface area contributed by atoms with E-state index in [1.54, 1.807) is 6.08 Å². The van der Waals surface area contributed by atoms with Gasteiger partial charge < -0.3 is 14.3 Å². The number of benzene rings is 1. The first-order chi connectivity index (χ1) is 11.8. The Labute approximate surface area is 139 Å². The highest BCUT2D eigenvalue weighted by Gasteiger charge is 2.31.